The monoisotopic (exact) mass is 448 g/mol. The predicted octanol–water partition coefficient (Wildman–Crippen LogP) is 3.50. The van der Waals surface area contributed by atoms with Crippen molar-refractivity contribution in [1.29, 1.82) is 0 Å². The van der Waals surface area contributed by atoms with Gasteiger partial charge in [0, 0.05) is 31.4 Å². The zero-order valence-electron chi connectivity index (χ0n) is 18.6. The number of hydrogen-bond donors (Lipinski definition) is 3. The Morgan fingerprint density at radius 2 is 2.18 bits per heavy atom. The van der Waals surface area contributed by atoms with E-state index in [2.05, 4.69) is 49.0 Å². The summed E-state index contributed by atoms with van der Waals surface area (Å²) in [6, 6.07) is 1.78. The fourth-order valence-electron chi connectivity index (χ4n) is 4.33. The van der Waals surface area contributed by atoms with Gasteiger partial charge in [-0.2, -0.15) is 5.10 Å². The van der Waals surface area contributed by atoms with Crippen molar-refractivity contribution in [3.05, 3.63) is 57.6 Å². The molecule has 0 amide bonds. The quantitative estimate of drug-likeness (QED) is 0.453. The van der Waals surface area contributed by atoms with Crippen molar-refractivity contribution in [3.8, 4) is 0 Å². The number of anilines is 3. The minimum absolute atomic E-state index is 0.136. The molecule has 2 aromatic rings. The van der Waals surface area contributed by atoms with Crippen LogP contribution in [0.3, 0.4) is 0 Å². The highest BCUT2D eigenvalue weighted by Crippen LogP contribution is 2.44. The molecule has 3 heterocycles. The van der Waals surface area contributed by atoms with Gasteiger partial charge in [-0.1, -0.05) is 24.3 Å². The fraction of sp³-hybridized carbons (Fsp3) is 0.435. The lowest BCUT2D eigenvalue weighted by molar-refractivity contribution is -0.383. The van der Waals surface area contributed by atoms with Crippen molar-refractivity contribution in [2.75, 3.05) is 36.4 Å². The van der Waals surface area contributed by atoms with E-state index >= 15 is 0 Å². The van der Waals surface area contributed by atoms with Crippen LogP contribution in [0.2, 0.25) is 0 Å². The number of aromatic nitrogens is 4. The Labute approximate surface area is 192 Å². The Bertz CT molecular complexity index is 1130. The van der Waals surface area contributed by atoms with E-state index in [1.165, 1.54) is 6.42 Å². The average molecular weight is 449 g/mol. The van der Waals surface area contributed by atoms with Gasteiger partial charge in [-0.15, -0.1) is 0 Å². The molecule has 3 aliphatic rings. The highest BCUT2D eigenvalue weighted by atomic mass is 16.6. The Morgan fingerprint density at radius 3 is 3.00 bits per heavy atom. The predicted molar refractivity (Wildman–Crippen MR) is 127 cm³/mol. The van der Waals surface area contributed by atoms with E-state index in [1.54, 1.807) is 6.07 Å². The van der Waals surface area contributed by atoms with Crippen LogP contribution in [-0.4, -0.2) is 51.3 Å². The lowest BCUT2D eigenvalue weighted by atomic mass is 10.2. The molecule has 0 radical (unpaired) electrons. The zero-order valence-corrected chi connectivity index (χ0v) is 18.6. The van der Waals surface area contributed by atoms with E-state index in [1.807, 2.05) is 24.0 Å². The highest BCUT2D eigenvalue weighted by molar-refractivity contribution is 5.75. The van der Waals surface area contributed by atoms with Crippen LogP contribution < -0.4 is 15.5 Å². The van der Waals surface area contributed by atoms with Crippen molar-refractivity contribution in [1.82, 2.24) is 25.5 Å². The van der Waals surface area contributed by atoms with Crippen LogP contribution in [0.1, 0.15) is 30.8 Å². The number of rotatable bonds is 6. The number of hydrogen-bond acceptors (Lipinski definition) is 8. The normalized spacial score (nSPS) is 22.5. The second-order valence-electron chi connectivity index (χ2n) is 8.80. The number of aromatic amines is 1. The average Bonchev–Trinajstić information content (AvgIpc) is 3.52. The topological polar surface area (TPSA) is 125 Å². The minimum atomic E-state index is -0.411. The molecule has 2 aromatic heterocycles. The number of fused-ring (bicyclic) bond motifs is 1. The third-order valence-electron chi connectivity index (χ3n) is 6.25. The minimum Gasteiger partial charge on any atom is -0.349 e. The Hall–Kier alpha value is -3.53. The molecule has 172 valence electrons. The van der Waals surface area contributed by atoms with E-state index in [4.69, 9.17) is 0 Å². The lowest BCUT2D eigenvalue weighted by Crippen LogP contribution is -2.29. The van der Waals surface area contributed by atoms with E-state index in [0.29, 0.717) is 36.5 Å². The molecule has 1 unspecified atom stereocenters. The molecule has 0 bridgehead atoms. The summed E-state index contributed by atoms with van der Waals surface area (Å²) in [5.74, 6) is 2.85. The molecule has 33 heavy (non-hydrogen) atoms. The molecule has 10 heteroatoms. The van der Waals surface area contributed by atoms with E-state index in [-0.39, 0.29) is 11.5 Å². The maximum atomic E-state index is 12.1. The summed E-state index contributed by atoms with van der Waals surface area (Å²) in [6.45, 7) is 4.81. The molecule has 0 spiro atoms. The van der Waals surface area contributed by atoms with Crippen LogP contribution >= 0.6 is 0 Å². The highest BCUT2D eigenvalue weighted by Gasteiger charge is 2.34. The molecule has 1 saturated heterocycles. The fourth-order valence-corrected chi connectivity index (χ4v) is 4.33. The van der Waals surface area contributed by atoms with E-state index in [9.17, 15) is 10.1 Å². The molecule has 0 aromatic carbocycles. The van der Waals surface area contributed by atoms with Gasteiger partial charge in [-0.05, 0) is 56.2 Å². The lowest BCUT2D eigenvalue weighted by Gasteiger charge is -2.21. The standard InChI is InChI=1S/C23H28N8O2/c1-15-13-20(29-28-15)26-22-21(31(32)33)23(30-11-2-9-24-10-12-30)27-19(25-22)8-5-16-3-6-17-14-18(17)7-4-16/h3-6,8,13,17-18,24H,2,7,9-12,14H2,1H3,(H2,25,26,27,28,29)/b8-5+/t17-,18?/m0/s1. The van der Waals surface area contributed by atoms with Crippen molar-refractivity contribution in [2.24, 2.45) is 11.8 Å². The van der Waals surface area contributed by atoms with E-state index in [0.717, 1.165) is 43.1 Å². The first-order valence-electron chi connectivity index (χ1n) is 11.4. The third-order valence-corrected chi connectivity index (χ3v) is 6.25. The van der Waals surface area contributed by atoms with Crippen LogP contribution in [0.5, 0.6) is 0 Å². The molecule has 10 nitrogen and oxygen atoms in total. The summed E-state index contributed by atoms with van der Waals surface area (Å²) in [4.78, 5) is 22.8. The van der Waals surface area contributed by atoms with Crippen molar-refractivity contribution < 1.29 is 4.92 Å². The van der Waals surface area contributed by atoms with Crippen molar-refractivity contribution in [2.45, 2.75) is 26.2 Å². The first-order chi connectivity index (χ1) is 16.1. The molecule has 1 saturated carbocycles. The number of nitrogens with one attached hydrogen (secondary N) is 3. The maximum Gasteiger partial charge on any atom is 0.353 e. The smallest absolute Gasteiger partial charge is 0.349 e. The molecular weight excluding hydrogens is 420 g/mol. The summed E-state index contributed by atoms with van der Waals surface area (Å²) >= 11 is 0. The first kappa shape index (κ1) is 21.3. The number of H-pyrrole nitrogens is 1. The van der Waals surface area contributed by atoms with Crippen LogP contribution in [0.25, 0.3) is 6.08 Å². The summed E-state index contributed by atoms with van der Waals surface area (Å²) in [5, 5.41) is 25.5. The second kappa shape index (κ2) is 9.14. The largest absolute Gasteiger partial charge is 0.353 e. The first-order valence-corrected chi connectivity index (χ1v) is 11.4. The summed E-state index contributed by atoms with van der Waals surface area (Å²) < 4.78 is 0. The van der Waals surface area contributed by atoms with Gasteiger partial charge in [0.25, 0.3) is 0 Å². The van der Waals surface area contributed by atoms with Gasteiger partial charge >= 0.3 is 5.69 Å². The summed E-state index contributed by atoms with van der Waals surface area (Å²) in [5.41, 5.74) is 1.82. The molecule has 3 N–H and O–H groups in total. The van der Waals surface area contributed by atoms with Gasteiger partial charge in [0.15, 0.2) is 11.6 Å². The Morgan fingerprint density at radius 1 is 1.27 bits per heavy atom. The van der Waals surface area contributed by atoms with Crippen LogP contribution in [0.15, 0.2) is 35.9 Å². The third kappa shape index (κ3) is 4.95. The van der Waals surface area contributed by atoms with Crippen molar-refractivity contribution in [3.63, 3.8) is 0 Å². The number of aryl methyl sites for hydroxylation is 1. The molecule has 2 aliphatic carbocycles. The zero-order chi connectivity index (χ0) is 22.8. The van der Waals surface area contributed by atoms with Crippen LogP contribution in [0, 0.1) is 28.9 Å². The molecule has 2 atom stereocenters. The van der Waals surface area contributed by atoms with Gasteiger partial charge in [0.1, 0.15) is 0 Å². The Kier molecular flexibility index (Phi) is 5.91. The van der Waals surface area contributed by atoms with Crippen molar-refractivity contribution >= 4 is 29.2 Å². The second-order valence-corrected chi connectivity index (χ2v) is 8.80. The van der Waals surface area contributed by atoms with Gasteiger partial charge in [-0.25, -0.2) is 9.97 Å². The number of nitrogens with zero attached hydrogens (tertiary/aromatic N) is 5. The number of nitro groups is 1. The Balaban J connectivity index is 1.53. The maximum absolute atomic E-state index is 12.1. The van der Waals surface area contributed by atoms with Gasteiger partial charge in [0.2, 0.25) is 11.6 Å². The SMILES string of the molecule is Cc1cc(Nc2nc(/C=C/C3=CCC4C[C@@H]4C=C3)nc(N3CCCNCC3)c2[N+](=O)[O-])n[nH]1. The van der Waals surface area contributed by atoms with Crippen LogP contribution in [0.4, 0.5) is 23.1 Å². The molecule has 5 rings (SSSR count). The summed E-state index contributed by atoms with van der Waals surface area (Å²) in [6.07, 6.45) is 13.7. The molecule has 1 aliphatic heterocycles. The summed E-state index contributed by atoms with van der Waals surface area (Å²) in [7, 11) is 0. The van der Waals surface area contributed by atoms with Crippen LogP contribution in [-0.2, 0) is 0 Å². The number of allylic oxidation sites excluding steroid dienone is 5. The molecule has 2 fully saturated rings. The molecular formula is C23H28N8O2. The van der Waals surface area contributed by atoms with Gasteiger partial charge < -0.3 is 15.5 Å². The van der Waals surface area contributed by atoms with E-state index < -0.39 is 4.92 Å². The van der Waals surface area contributed by atoms with Gasteiger partial charge in [-0.3, -0.25) is 15.2 Å². The van der Waals surface area contributed by atoms with Gasteiger partial charge in [0.05, 0.1) is 4.92 Å².